The van der Waals surface area contributed by atoms with E-state index in [0.29, 0.717) is 11.9 Å². The van der Waals surface area contributed by atoms with Gasteiger partial charge in [0.1, 0.15) is 0 Å². The predicted molar refractivity (Wildman–Crippen MR) is 107 cm³/mol. The molecule has 144 valence electrons. The normalized spacial score (nSPS) is 22.5. The summed E-state index contributed by atoms with van der Waals surface area (Å²) in [6, 6.07) is 9.77. The highest BCUT2D eigenvalue weighted by molar-refractivity contribution is 5.79. The maximum Gasteiger partial charge on any atom is 0.226 e. The van der Waals surface area contributed by atoms with Crippen LogP contribution in [0.4, 0.5) is 0 Å². The molecule has 0 spiro atoms. The smallest absolute Gasteiger partial charge is 0.226 e. The van der Waals surface area contributed by atoms with E-state index in [-0.39, 0.29) is 12.0 Å². The van der Waals surface area contributed by atoms with Gasteiger partial charge in [-0.2, -0.15) is 0 Å². The fourth-order valence-electron chi connectivity index (χ4n) is 4.48. The van der Waals surface area contributed by atoms with Gasteiger partial charge in [-0.1, -0.05) is 24.3 Å². The number of carbonyl (C=O) groups excluding carboxylic acids is 1. The topological polar surface area (TPSA) is 26.8 Å². The molecule has 4 nitrogen and oxygen atoms in total. The van der Waals surface area contributed by atoms with Crippen LogP contribution < -0.4 is 0 Å². The van der Waals surface area contributed by atoms with Crippen molar-refractivity contribution in [2.75, 3.05) is 33.7 Å². The average Bonchev–Trinajstić information content (AvgIpc) is 3.11. The van der Waals surface area contributed by atoms with Gasteiger partial charge in [-0.3, -0.25) is 4.79 Å². The van der Waals surface area contributed by atoms with Crippen molar-refractivity contribution in [2.45, 2.75) is 58.2 Å². The molecule has 2 aliphatic heterocycles. The zero-order valence-corrected chi connectivity index (χ0v) is 16.9. The minimum absolute atomic E-state index is 0.221. The van der Waals surface area contributed by atoms with Crippen molar-refractivity contribution in [3.63, 3.8) is 0 Å². The number of hydrogen-bond donors (Lipinski definition) is 0. The number of piperidine rings is 1. The Morgan fingerprint density at radius 1 is 1.08 bits per heavy atom. The maximum absolute atomic E-state index is 13.2. The summed E-state index contributed by atoms with van der Waals surface area (Å²) < 4.78 is 0. The van der Waals surface area contributed by atoms with Gasteiger partial charge in [-0.25, -0.2) is 0 Å². The molecule has 0 radical (unpaired) electrons. The van der Waals surface area contributed by atoms with Crippen LogP contribution in [0, 0.1) is 5.92 Å². The van der Waals surface area contributed by atoms with E-state index in [1.807, 2.05) is 0 Å². The van der Waals surface area contributed by atoms with Gasteiger partial charge in [0.2, 0.25) is 5.91 Å². The summed E-state index contributed by atoms with van der Waals surface area (Å²) in [5.41, 5.74) is 2.63. The highest BCUT2D eigenvalue weighted by atomic mass is 16.2. The van der Waals surface area contributed by atoms with Crippen molar-refractivity contribution < 1.29 is 4.79 Å². The Balaban J connectivity index is 1.63. The lowest BCUT2D eigenvalue weighted by molar-refractivity contribution is -0.138. The van der Waals surface area contributed by atoms with Gasteiger partial charge in [-0.05, 0) is 77.8 Å². The first-order valence-corrected chi connectivity index (χ1v) is 10.2. The summed E-state index contributed by atoms with van der Waals surface area (Å²) in [4.78, 5) is 20.0. The van der Waals surface area contributed by atoms with Crippen molar-refractivity contribution in [2.24, 2.45) is 5.92 Å². The maximum atomic E-state index is 13.2. The monoisotopic (exact) mass is 357 g/mol. The zero-order chi connectivity index (χ0) is 18.7. The van der Waals surface area contributed by atoms with Crippen LogP contribution in [0.3, 0.4) is 0 Å². The van der Waals surface area contributed by atoms with Gasteiger partial charge >= 0.3 is 0 Å². The fourth-order valence-corrected chi connectivity index (χ4v) is 4.48. The molecule has 2 heterocycles. The van der Waals surface area contributed by atoms with Crippen LogP contribution >= 0.6 is 0 Å². The molecule has 0 aliphatic carbocycles. The predicted octanol–water partition coefficient (Wildman–Crippen LogP) is 3.53. The zero-order valence-electron chi connectivity index (χ0n) is 16.9. The molecular weight excluding hydrogens is 322 g/mol. The van der Waals surface area contributed by atoms with Crippen LogP contribution in [-0.4, -0.2) is 60.4 Å². The number of nitrogens with zero attached hydrogens (tertiary/aromatic N) is 3. The second-order valence-electron chi connectivity index (χ2n) is 8.57. The molecule has 0 saturated carbocycles. The average molecular weight is 358 g/mol. The second-order valence-corrected chi connectivity index (χ2v) is 8.57. The fraction of sp³-hybridized carbons (Fsp3) is 0.682. The van der Waals surface area contributed by atoms with Crippen LogP contribution in [0.5, 0.6) is 0 Å². The van der Waals surface area contributed by atoms with Crippen molar-refractivity contribution in [1.82, 2.24) is 14.7 Å². The number of carbonyl (C=O) groups is 1. The van der Waals surface area contributed by atoms with Gasteiger partial charge in [0.25, 0.3) is 0 Å². The number of benzene rings is 1. The number of rotatable bonds is 5. The van der Waals surface area contributed by atoms with Gasteiger partial charge < -0.3 is 14.7 Å². The second kappa shape index (κ2) is 8.53. The van der Waals surface area contributed by atoms with Crippen molar-refractivity contribution >= 4 is 5.91 Å². The van der Waals surface area contributed by atoms with Gasteiger partial charge in [0.05, 0.1) is 6.04 Å². The third-order valence-electron chi connectivity index (χ3n) is 6.01. The first-order chi connectivity index (χ1) is 12.5. The first-order valence-electron chi connectivity index (χ1n) is 10.2. The summed E-state index contributed by atoms with van der Waals surface area (Å²) in [6.07, 6.45) is 4.26. The Morgan fingerprint density at radius 3 is 2.31 bits per heavy atom. The van der Waals surface area contributed by atoms with Gasteiger partial charge in [0, 0.05) is 25.0 Å². The Bertz CT molecular complexity index is 588. The quantitative estimate of drug-likeness (QED) is 0.806. The van der Waals surface area contributed by atoms with Crippen molar-refractivity contribution in [3.8, 4) is 0 Å². The Kier molecular flexibility index (Phi) is 6.36. The van der Waals surface area contributed by atoms with Crippen LogP contribution in [0.2, 0.25) is 0 Å². The lowest BCUT2D eigenvalue weighted by Gasteiger charge is -2.36. The lowest BCUT2D eigenvalue weighted by Crippen LogP contribution is -2.44. The molecule has 1 aromatic carbocycles. The molecule has 1 atom stereocenters. The van der Waals surface area contributed by atoms with E-state index in [1.54, 1.807) is 0 Å². The highest BCUT2D eigenvalue weighted by Gasteiger charge is 2.35. The van der Waals surface area contributed by atoms with E-state index in [1.165, 1.54) is 11.1 Å². The minimum atomic E-state index is 0.221. The number of likely N-dealkylation sites (tertiary alicyclic amines) is 2. The summed E-state index contributed by atoms with van der Waals surface area (Å²) in [5, 5.41) is 0. The molecule has 0 unspecified atom stereocenters. The molecule has 0 N–H and O–H groups in total. The molecule has 1 amide bonds. The van der Waals surface area contributed by atoms with E-state index >= 15 is 0 Å². The largest absolute Gasteiger partial charge is 0.335 e. The van der Waals surface area contributed by atoms with E-state index in [9.17, 15) is 4.79 Å². The standard InChI is InChI=1S/C22H35N3O/c1-17(2)24-14-11-20(12-15-24)22(26)25-13-5-6-21(25)19-9-7-18(8-10-19)16-23(3)4/h7-10,17,20-21H,5-6,11-16H2,1-4H3/t21-/m1/s1. The lowest BCUT2D eigenvalue weighted by atomic mass is 9.93. The first kappa shape index (κ1) is 19.4. The molecule has 4 heteroatoms. The molecule has 0 bridgehead atoms. The summed E-state index contributed by atoms with van der Waals surface area (Å²) in [6.45, 7) is 8.50. The Morgan fingerprint density at radius 2 is 1.73 bits per heavy atom. The molecule has 2 fully saturated rings. The van der Waals surface area contributed by atoms with Crippen molar-refractivity contribution in [3.05, 3.63) is 35.4 Å². The van der Waals surface area contributed by atoms with E-state index in [4.69, 9.17) is 0 Å². The molecule has 26 heavy (non-hydrogen) atoms. The molecule has 1 aromatic rings. The van der Waals surface area contributed by atoms with Crippen molar-refractivity contribution in [1.29, 1.82) is 0 Å². The molecular formula is C22H35N3O. The van der Waals surface area contributed by atoms with Crippen LogP contribution in [0.25, 0.3) is 0 Å². The third-order valence-corrected chi connectivity index (χ3v) is 6.01. The number of hydrogen-bond acceptors (Lipinski definition) is 3. The Labute approximate surface area is 159 Å². The number of amides is 1. The molecule has 0 aromatic heterocycles. The SMILES string of the molecule is CC(C)N1CCC(C(=O)N2CCC[C@@H]2c2ccc(CN(C)C)cc2)CC1. The molecule has 2 aliphatic rings. The third kappa shape index (κ3) is 4.47. The van der Waals surface area contributed by atoms with Gasteiger partial charge in [-0.15, -0.1) is 0 Å². The van der Waals surface area contributed by atoms with Crippen LogP contribution in [0.1, 0.15) is 56.7 Å². The van der Waals surface area contributed by atoms with E-state index in [0.717, 1.165) is 51.9 Å². The van der Waals surface area contributed by atoms with Crippen LogP contribution in [0.15, 0.2) is 24.3 Å². The highest BCUT2D eigenvalue weighted by Crippen LogP contribution is 2.35. The summed E-state index contributed by atoms with van der Waals surface area (Å²) in [7, 11) is 4.19. The van der Waals surface area contributed by atoms with E-state index < -0.39 is 0 Å². The summed E-state index contributed by atoms with van der Waals surface area (Å²) in [5.74, 6) is 0.617. The van der Waals surface area contributed by atoms with Crippen LogP contribution in [-0.2, 0) is 11.3 Å². The Hall–Kier alpha value is -1.39. The molecule has 2 saturated heterocycles. The summed E-state index contributed by atoms with van der Waals surface area (Å²) >= 11 is 0. The van der Waals surface area contributed by atoms with Gasteiger partial charge in [0.15, 0.2) is 0 Å². The van der Waals surface area contributed by atoms with E-state index in [2.05, 4.69) is 66.9 Å². The minimum Gasteiger partial charge on any atom is -0.335 e. The molecule has 3 rings (SSSR count).